The molecule has 0 radical (unpaired) electrons. The lowest BCUT2D eigenvalue weighted by Gasteiger charge is -2.31. The average molecular weight is 400 g/mol. The summed E-state index contributed by atoms with van der Waals surface area (Å²) in [4.78, 5) is 1.85. The lowest BCUT2D eigenvalue weighted by atomic mass is 10.0. The van der Waals surface area contributed by atoms with E-state index >= 15 is 0 Å². The second-order valence-corrected chi connectivity index (χ2v) is 8.67. The van der Waals surface area contributed by atoms with Gasteiger partial charge in [-0.2, -0.15) is 0 Å². The third-order valence-electron chi connectivity index (χ3n) is 6.02. The number of unbranched alkanes of at least 4 members (excludes halogenated alkanes) is 16. The molecule has 0 rings (SSSR count). The van der Waals surface area contributed by atoms with Gasteiger partial charge in [0.15, 0.2) is 0 Å². The zero-order valence-corrected chi connectivity index (χ0v) is 19.6. The van der Waals surface area contributed by atoms with Crippen LogP contribution in [0.1, 0.15) is 143 Å². The van der Waals surface area contributed by atoms with Crippen molar-refractivity contribution < 1.29 is 10.2 Å². The Hall–Kier alpha value is -0.120. The first kappa shape index (κ1) is 27.9. The van der Waals surface area contributed by atoms with Crippen LogP contribution in [0.4, 0.5) is 0 Å². The van der Waals surface area contributed by atoms with Gasteiger partial charge in [-0.15, -0.1) is 0 Å². The van der Waals surface area contributed by atoms with Crippen molar-refractivity contribution in [3.63, 3.8) is 0 Å². The first-order valence-corrected chi connectivity index (χ1v) is 12.8. The molecule has 0 aliphatic rings. The van der Waals surface area contributed by atoms with Gasteiger partial charge in [0.1, 0.15) is 12.5 Å². The molecule has 0 saturated heterocycles. The number of hydrogen-bond donors (Lipinski definition) is 2. The van der Waals surface area contributed by atoms with Crippen molar-refractivity contribution in [3.05, 3.63) is 0 Å². The van der Waals surface area contributed by atoms with Gasteiger partial charge >= 0.3 is 0 Å². The van der Waals surface area contributed by atoms with Gasteiger partial charge in [-0.05, 0) is 19.3 Å². The Morgan fingerprint density at radius 2 is 0.750 bits per heavy atom. The molecule has 0 amide bonds. The van der Waals surface area contributed by atoms with Crippen molar-refractivity contribution in [2.45, 2.75) is 155 Å². The summed E-state index contributed by atoms with van der Waals surface area (Å²) in [5, 5.41) is 20.0. The predicted octanol–water partition coefficient (Wildman–Crippen LogP) is 7.40. The molecule has 3 heteroatoms. The van der Waals surface area contributed by atoms with Gasteiger partial charge in [-0.1, -0.05) is 124 Å². The van der Waals surface area contributed by atoms with E-state index in [2.05, 4.69) is 6.92 Å². The molecule has 0 aromatic rings. The van der Waals surface area contributed by atoms with Crippen LogP contribution in [-0.4, -0.2) is 34.1 Å². The molecule has 2 N–H and O–H groups in total. The fourth-order valence-electron chi connectivity index (χ4n) is 3.98. The molecule has 0 aliphatic heterocycles. The Kier molecular flexibility index (Phi) is 21.5. The standard InChI is InChI=1S/C25H53NO2/c1-4-7-8-9-10-11-12-13-14-15-16-17-18-19-20-21-22-23-26(24(27)5-2)25(28)6-3/h24-25,27-28H,4-23H2,1-3H3. The fourth-order valence-corrected chi connectivity index (χ4v) is 3.98. The van der Waals surface area contributed by atoms with Crippen molar-refractivity contribution >= 4 is 0 Å². The third-order valence-corrected chi connectivity index (χ3v) is 6.02. The van der Waals surface area contributed by atoms with Crippen LogP contribution in [0.5, 0.6) is 0 Å². The molecule has 0 spiro atoms. The van der Waals surface area contributed by atoms with Crippen LogP contribution in [0.3, 0.4) is 0 Å². The van der Waals surface area contributed by atoms with Crippen LogP contribution < -0.4 is 0 Å². The highest BCUT2D eigenvalue weighted by molar-refractivity contribution is 4.64. The topological polar surface area (TPSA) is 43.7 Å². The maximum Gasteiger partial charge on any atom is 0.109 e. The van der Waals surface area contributed by atoms with E-state index in [1.54, 1.807) is 0 Å². The zero-order chi connectivity index (χ0) is 20.9. The second kappa shape index (κ2) is 21.6. The molecular formula is C25H53NO2. The lowest BCUT2D eigenvalue weighted by Crippen LogP contribution is -2.43. The monoisotopic (exact) mass is 399 g/mol. The third kappa shape index (κ3) is 16.8. The van der Waals surface area contributed by atoms with E-state index in [1.165, 1.54) is 103 Å². The maximum atomic E-state index is 10.0. The minimum Gasteiger partial charge on any atom is -0.378 e. The van der Waals surface area contributed by atoms with E-state index in [0.29, 0.717) is 12.8 Å². The van der Waals surface area contributed by atoms with Crippen LogP contribution in [-0.2, 0) is 0 Å². The Labute approximate surface area is 177 Å². The molecule has 0 heterocycles. The normalized spacial score (nSPS) is 13.9. The van der Waals surface area contributed by atoms with E-state index in [1.807, 2.05) is 18.7 Å². The van der Waals surface area contributed by atoms with Crippen molar-refractivity contribution in [2.75, 3.05) is 6.54 Å². The summed E-state index contributed by atoms with van der Waals surface area (Å²) in [5.41, 5.74) is 0. The van der Waals surface area contributed by atoms with Crippen LogP contribution in [0.25, 0.3) is 0 Å². The van der Waals surface area contributed by atoms with Crippen LogP contribution in [0.2, 0.25) is 0 Å². The molecule has 3 nitrogen and oxygen atoms in total. The van der Waals surface area contributed by atoms with Crippen LogP contribution in [0, 0.1) is 0 Å². The van der Waals surface area contributed by atoms with Gasteiger partial charge in [-0.3, -0.25) is 4.90 Å². The molecular weight excluding hydrogens is 346 g/mol. The summed E-state index contributed by atoms with van der Waals surface area (Å²) in [6, 6.07) is 0. The van der Waals surface area contributed by atoms with Crippen LogP contribution >= 0.6 is 0 Å². The summed E-state index contributed by atoms with van der Waals surface area (Å²) in [5.74, 6) is 0. The van der Waals surface area contributed by atoms with E-state index in [-0.39, 0.29) is 0 Å². The summed E-state index contributed by atoms with van der Waals surface area (Å²) in [7, 11) is 0. The van der Waals surface area contributed by atoms with Crippen molar-refractivity contribution in [1.29, 1.82) is 0 Å². The first-order chi connectivity index (χ1) is 13.7. The molecule has 0 fully saturated rings. The summed E-state index contributed by atoms with van der Waals surface area (Å²) >= 11 is 0. The lowest BCUT2D eigenvalue weighted by molar-refractivity contribution is -0.104. The molecule has 0 aliphatic carbocycles. The Bertz CT molecular complexity index is 288. The molecule has 0 saturated carbocycles. The fraction of sp³-hybridized carbons (Fsp3) is 1.00. The Balaban J connectivity index is 3.33. The maximum absolute atomic E-state index is 10.0. The molecule has 0 aromatic carbocycles. The molecule has 2 atom stereocenters. The van der Waals surface area contributed by atoms with Gasteiger partial charge in [0.25, 0.3) is 0 Å². The predicted molar refractivity (Wildman–Crippen MR) is 123 cm³/mol. The van der Waals surface area contributed by atoms with E-state index in [4.69, 9.17) is 0 Å². The minimum absolute atomic E-state index is 0.504. The first-order valence-electron chi connectivity index (χ1n) is 12.8. The summed E-state index contributed by atoms with van der Waals surface area (Å²) in [6.45, 7) is 7.03. The van der Waals surface area contributed by atoms with Crippen molar-refractivity contribution in [3.8, 4) is 0 Å². The highest BCUT2D eigenvalue weighted by atomic mass is 16.3. The highest BCUT2D eigenvalue weighted by Crippen LogP contribution is 2.15. The molecule has 2 unspecified atom stereocenters. The van der Waals surface area contributed by atoms with Gasteiger partial charge in [-0.25, -0.2) is 0 Å². The van der Waals surface area contributed by atoms with E-state index in [9.17, 15) is 10.2 Å². The average Bonchev–Trinajstić information content (AvgIpc) is 2.72. The molecule has 170 valence electrons. The minimum atomic E-state index is -0.504. The molecule has 0 aromatic heterocycles. The van der Waals surface area contributed by atoms with E-state index < -0.39 is 12.5 Å². The molecule has 0 bridgehead atoms. The summed E-state index contributed by atoms with van der Waals surface area (Å²) in [6.07, 6.45) is 23.7. The van der Waals surface area contributed by atoms with E-state index in [0.717, 1.165) is 13.0 Å². The number of hydrogen-bond acceptors (Lipinski definition) is 3. The number of rotatable bonds is 22. The molecule has 28 heavy (non-hydrogen) atoms. The number of aliphatic hydroxyl groups is 2. The number of aliphatic hydroxyl groups excluding tert-OH is 2. The van der Waals surface area contributed by atoms with Gasteiger partial charge in [0, 0.05) is 6.54 Å². The SMILES string of the molecule is CCCCCCCCCCCCCCCCCCCN(C(O)CC)C(O)CC. The van der Waals surface area contributed by atoms with Gasteiger partial charge < -0.3 is 10.2 Å². The Morgan fingerprint density at radius 3 is 1.04 bits per heavy atom. The second-order valence-electron chi connectivity index (χ2n) is 8.67. The zero-order valence-electron chi connectivity index (χ0n) is 19.6. The quantitative estimate of drug-likeness (QED) is 0.147. The highest BCUT2D eigenvalue weighted by Gasteiger charge is 2.19. The smallest absolute Gasteiger partial charge is 0.109 e. The van der Waals surface area contributed by atoms with Crippen LogP contribution in [0.15, 0.2) is 0 Å². The Morgan fingerprint density at radius 1 is 0.464 bits per heavy atom. The largest absolute Gasteiger partial charge is 0.378 e. The van der Waals surface area contributed by atoms with Crippen molar-refractivity contribution in [2.24, 2.45) is 0 Å². The van der Waals surface area contributed by atoms with Gasteiger partial charge in [0.05, 0.1) is 0 Å². The van der Waals surface area contributed by atoms with Gasteiger partial charge in [0.2, 0.25) is 0 Å². The summed E-state index contributed by atoms with van der Waals surface area (Å²) < 4.78 is 0. The van der Waals surface area contributed by atoms with Crippen molar-refractivity contribution in [1.82, 2.24) is 4.90 Å². The number of nitrogens with zero attached hydrogens (tertiary/aromatic N) is 1.